The summed E-state index contributed by atoms with van der Waals surface area (Å²) in [4.78, 5) is 40.6. The van der Waals surface area contributed by atoms with Crippen molar-refractivity contribution in [2.75, 3.05) is 13.1 Å². The molecule has 5 rings (SSSR count). The molecule has 1 aliphatic heterocycles. The molecule has 3 aromatic carbocycles. The number of carbonyl (C=O) groups excluding carboxylic acids is 2. The quantitative estimate of drug-likeness (QED) is 0.321. The summed E-state index contributed by atoms with van der Waals surface area (Å²) in [6.07, 6.45) is 3.67. The topological polar surface area (TPSA) is 107 Å². The number of carboxylic acids is 1. The van der Waals surface area contributed by atoms with Crippen molar-refractivity contribution < 1.29 is 24.6 Å². The fourth-order valence-electron chi connectivity index (χ4n) is 6.53. The van der Waals surface area contributed by atoms with Gasteiger partial charge in [0.05, 0.1) is 17.1 Å². The minimum Gasteiger partial charge on any atom is -0.478 e. The molecule has 0 unspecified atom stereocenters. The molecule has 1 saturated heterocycles. The van der Waals surface area contributed by atoms with E-state index in [-0.39, 0.29) is 29.3 Å². The van der Waals surface area contributed by atoms with Crippen LogP contribution in [0.15, 0.2) is 72.8 Å². The zero-order chi connectivity index (χ0) is 30.1. The summed E-state index contributed by atoms with van der Waals surface area (Å²) < 4.78 is 0. The van der Waals surface area contributed by atoms with Gasteiger partial charge in [-0.15, -0.1) is 0 Å². The highest BCUT2D eigenvalue weighted by molar-refractivity contribution is 6.30. The molecule has 8 heteroatoms. The van der Waals surface area contributed by atoms with Crippen LogP contribution in [-0.2, 0) is 10.4 Å². The van der Waals surface area contributed by atoms with E-state index in [1.54, 1.807) is 42.5 Å². The van der Waals surface area contributed by atoms with Gasteiger partial charge in [-0.05, 0) is 72.4 Å². The number of benzene rings is 3. The molecule has 2 amide bonds. The fourth-order valence-corrected chi connectivity index (χ4v) is 6.65. The first-order valence-corrected chi connectivity index (χ1v) is 14.9. The summed E-state index contributed by atoms with van der Waals surface area (Å²) >= 11 is 6.07. The van der Waals surface area contributed by atoms with Gasteiger partial charge in [0.15, 0.2) is 0 Å². The number of aliphatic hydroxyl groups is 1. The smallest absolute Gasteiger partial charge is 0.335 e. The van der Waals surface area contributed by atoms with Gasteiger partial charge in [-0.1, -0.05) is 74.7 Å². The Kier molecular flexibility index (Phi) is 8.44. The molecule has 220 valence electrons. The van der Waals surface area contributed by atoms with E-state index < -0.39 is 17.0 Å². The lowest BCUT2D eigenvalue weighted by Crippen LogP contribution is -2.59. The molecule has 3 N–H and O–H groups in total. The van der Waals surface area contributed by atoms with Crippen molar-refractivity contribution >= 4 is 29.4 Å². The van der Waals surface area contributed by atoms with Crippen LogP contribution >= 0.6 is 11.6 Å². The minimum atomic E-state index is -1.09. The van der Waals surface area contributed by atoms with Crippen LogP contribution in [0.4, 0.5) is 0 Å². The molecule has 2 aliphatic rings. The molecule has 0 radical (unpaired) electrons. The number of carboxylic acid groups (broad SMARTS) is 1. The van der Waals surface area contributed by atoms with Crippen LogP contribution in [0.5, 0.6) is 0 Å². The normalized spacial score (nSPS) is 23.7. The lowest BCUT2D eigenvalue weighted by molar-refractivity contribution is -0.158. The number of piperidine rings is 1. The van der Waals surface area contributed by atoms with Gasteiger partial charge in [-0.3, -0.25) is 9.59 Å². The van der Waals surface area contributed by atoms with E-state index >= 15 is 0 Å². The van der Waals surface area contributed by atoms with Crippen molar-refractivity contribution in [1.82, 2.24) is 10.2 Å². The van der Waals surface area contributed by atoms with Crippen LogP contribution < -0.4 is 5.32 Å². The molecule has 7 nitrogen and oxygen atoms in total. The minimum absolute atomic E-state index is 0.0190. The Hall–Kier alpha value is -3.68. The maximum Gasteiger partial charge on any atom is 0.335 e. The Morgan fingerprint density at radius 3 is 2.17 bits per heavy atom. The molecule has 3 atom stereocenters. The highest BCUT2D eigenvalue weighted by Crippen LogP contribution is 2.46. The number of halogens is 1. The van der Waals surface area contributed by atoms with Gasteiger partial charge in [0.25, 0.3) is 5.91 Å². The third-order valence-electron chi connectivity index (χ3n) is 9.05. The van der Waals surface area contributed by atoms with Crippen LogP contribution in [0.1, 0.15) is 72.2 Å². The zero-order valence-electron chi connectivity index (χ0n) is 24.0. The van der Waals surface area contributed by atoms with E-state index in [4.69, 9.17) is 11.6 Å². The summed E-state index contributed by atoms with van der Waals surface area (Å²) in [5, 5.41) is 24.8. The van der Waals surface area contributed by atoms with Gasteiger partial charge in [-0.2, -0.15) is 0 Å². The summed E-state index contributed by atoms with van der Waals surface area (Å²) in [6, 6.07) is 20.7. The second-order valence-corrected chi connectivity index (χ2v) is 12.6. The number of amides is 2. The number of aromatic carboxylic acids is 1. The standard InChI is InChI=1S/C34H37ClN2O5/c1-33(2)21-37(18-17-34(33,42)26-13-15-27(35)16-14-26)31(39)28-11-3-4-12-29(28)36-30(38)24-9-5-7-22(19-24)23-8-6-10-25(20-23)32(40)41/h5-10,13-16,19-20,28-29,42H,3-4,11-12,17-18,21H2,1-2H3,(H,36,38)(H,40,41)/t28-,29+,34-/m0/s1. The lowest BCUT2D eigenvalue weighted by atomic mass is 9.66. The first-order valence-electron chi connectivity index (χ1n) is 14.5. The average Bonchev–Trinajstić information content (AvgIpc) is 2.99. The number of hydrogen-bond donors (Lipinski definition) is 3. The van der Waals surface area contributed by atoms with Gasteiger partial charge in [0, 0.05) is 35.1 Å². The molecule has 3 aromatic rings. The van der Waals surface area contributed by atoms with Crippen LogP contribution in [-0.4, -0.2) is 52.0 Å². The highest BCUT2D eigenvalue weighted by atomic mass is 35.5. The van der Waals surface area contributed by atoms with E-state index in [1.165, 1.54) is 6.07 Å². The maximum atomic E-state index is 13.9. The Morgan fingerprint density at radius 1 is 0.905 bits per heavy atom. The number of nitrogens with one attached hydrogen (secondary N) is 1. The summed E-state index contributed by atoms with van der Waals surface area (Å²) in [5.41, 5.74) is 1.19. The van der Waals surface area contributed by atoms with Gasteiger partial charge in [0.1, 0.15) is 0 Å². The van der Waals surface area contributed by atoms with Gasteiger partial charge in [-0.25, -0.2) is 4.79 Å². The first kappa shape index (κ1) is 29.8. The van der Waals surface area contributed by atoms with Crippen LogP contribution in [0.3, 0.4) is 0 Å². The highest BCUT2D eigenvalue weighted by Gasteiger charge is 2.50. The first-order chi connectivity index (χ1) is 20.0. The van der Waals surface area contributed by atoms with Crippen molar-refractivity contribution in [3.05, 3.63) is 94.5 Å². The summed E-state index contributed by atoms with van der Waals surface area (Å²) in [7, 11) is 0. The van der Waals surface area contributed by atoms with E-state index in [0.29, 0.717) is 48.5 Å². The Bertz CT molecular complexity index is 1490. The molecule has 42 heavy (non-hydrogen) atoms. The molecular formula is C34H37ClN2O5. The largest absolute Gasteiger partial charge is 0.478 e. The number of likely N-dealkylation sites (tertiary alicyclic amines) is 1. The van der Waals surface area contributed by atoms with E-state index in [0.717, 1.165) is 24.0 Å². The SMILES string of the molecule is CC1(C)CN(C(=O)[C@H]2CCCC[C@H]2NC(=O)c2cccc(-c3cccc(C(=O)O)c3)c2)CC[C@]1(O)c1ccc(Cl)cc1. The monoisotopic (exact) mass is 588 g/mol. The van der Waals surface area contributed by atoms with Crippen molar-refractivity contribution in [3.8, 4) is 11.1 Å². The van der Waals surface area contributed by atoms with Crippen LogP contribution in [0.2, 0.25) is 5.02 Å². The zero-order valence-corrected chi connectivity index (χ0v) is 24.7. The van der Waals surface area contributed by atoms with Crippen LogP contribution in [0, 0.1) is 11.3 Å². The molecule has 1 aliphatic carbocycles. The predicted octanol–water partition coefficient (Wildman–Crippen LogP) is 6.14. The fraction of sp³-hybridized carbons (Fsp3) is 0.382. The van der Waals surface area contributed by atoms with Crippen molar-refractivity contribution in [3.63, 3.8) is 0 Å². The molecule has 2 fully saturated rings. The third kappa shape index (κ3) is 5.94. The lowest BCUT2D eigenvalue weighted by Gasteiger charge is -2.51. The van der Waals surface area contributed by atoms with Gasteiger partial charge < -0.3 is 20.4 Å². The average molecular weight is 589 g/mol. The Morgan fingerprint density at radius 2 is 1.52 bits per heavy atom. The molecule has 0 bridgehead atoms. The Balaban J connectivity index is 1.29. The second-order valence-electron chi connectivity index (χ2n) is 12.2. The third-order valence-corrected chi connectivity index (χ3v) is 9.30. The second kappa shape index (κ2) is 11.9. The number of nitrogens with zero attached hydrogens (tertiary/aromatic N) is 1. The van der Waals surface area contributed by atoms with Gasteiger partial charge >= 0.3 is 5.97 Å². The Labute approximate surface area is 251 Å². The van der Waals surface area contributed by atoms with Crippen molar-refractivity contribution in [2.24, 2.45) is 11.3 Å². The number of carbonyl (C=O) groups is 3. The summed E-state index contributed by atoms with van der Waals surface area (Å²) in [5.74, 6) is -1.58. The maximum absolute atomic E-state index is 13.9. The molecule has 0 aromatic heterocycles. The number of hydrogen-bond acceptors (Lipinski definition) is 4. The van der Waals surface area contributed by atoms with Crippen molar-refractivity contribution in [2.45, 2.75) is 57.6 Å². The molecule has 1 heterocycles. The van der Waals surface area contributed by atoms with Crippen LogP contribution in [0.25, 0.3) is 11.1 Å². The predicted molar refractivity (Wildman–Crippen MR) is 162 cm³/mol. The van der Waals surface area contributed by atoms with Gasteiger partial charge in [0.2, 0.25) is 5.91 Å². The number of rotatable bonds is 6. The summed E-state index contributed by atoms with van der Waals surface area (Å²) in [6.45, 7) is 4.80. The molecular weight excluding hydrogens is 552 g/mol. The van der Waals surface area contributed by atoms with E-state index in [9.17, 15) is 24.6 Å². The molecule has 1 saturated carbocycles. The van der Waals surface area contributed by atoms with E-state index in [1.807, 2.05) is 43.0 Å². The van der Waals surface area contributed by atoms with Crippen molar-refractivity contribution in [1.29, 1.82) is 0 Å². The van der Waals surface area contributed by atoms with E-state index in [2.05, 4.69) is 5.32 Å². The molecule has 0 spiro atoms.